The van der Waals surface area contributed by atoms with Gasteiger partial charge in [0.2, 0.25) is 5.91 Å². The lowest BCUT2D eigenvalue weighted by Gasteiger charge is -2.15. The Hall–Kier alpha value is -1.81. The first-order chi connectivity index (χ1) is 11.6. The first kappa shape index (κ1) is 17.0. The van der Waals surface area contributed by atoms with E-state index in [2.05, 4.69) is 23.5 Å². The zero-order chi connectivity index (χ0) is 16.9. The topological polar surface area (TPSA) is 29.1 Å². The predicted octanol–water partition coefficient (Wildman–Crippen LogP) is 4.43. The first-order valence-corrected chi connectivity index (χ1v) is 9.50. The Bertz CT molecular complexity index is 714. The fourth-order valence-corrected chi connectivity index (χ4v) is 3.87. The molecule has 0 heterocycles. The van der Waals surface area contributed by atoms with E-state index >= 15 is 0 Å². The Balaban J connectivity index is 1.46. The van der Waals surface area contributed by atoms with E-state index in [9.17, 15) is 9.18 Å². The third kappa shape index (κ3) is 4.38. The first-order valence-electron chi connectivity index (χ1n) is 8.35. The molecule has 0 saturated carbocycles. The van der Waals surface area contributed by atoms with Crippen LogP contribution in [0.25, 0.3) is 0 Å². The molecule has 1 amide bonds. The maximum absolute atomic E-state index is 12.9. The summed E-state index contributed by atoms with van der Waals surface area (Å²) in [7, 11) is 0. The Morgan fingerprint density at radius 1 is 1.17 bits per heavy atom. The van der Waals surface area contributed by atoms with Crippen molar-refractivity contribution in [1.29, 1.82) is 0 Å². The predicted molar refractivity (Wildman–Crippen MR) is 97.6 cm³/mol. The van der Waals surface area contributed by atoms with Crippen LogP contribution in [0, 0.1) is 5.82 Å². The second-order valence-electron chi connectivity index (χ2n) is 6.29. The van der Waals surface area contributed by atoms with E-state index in [0.717, 1.165) is 12.0 Å². The van der Waals surface area contributed by atoms with Gasteiger partial charge >= 0.3 is 0 Å². The fraction of sp³-hybridized carbons (Fsp3) is 0.350. The lowest BCUT2D eigenvalue weighted by Crippen LogP contribution is -2.28. The maximum Gasteiger partial charge on any atom is 0.230 e. The van der Waals surface area contributed by atoms with Crippen molar-refractivity contribution >= 4 is 17.7 Å². The van der Waals surface area contributed by atoms with E-state index in [-0.39, 0.29) is 17.8 Å². The standard InChI is InChI=1S/C20H22FNOS/c1-14(17-8-7-16-3-2-4-18(16)11-17)22-20(23)13-24-12-15-5-9-19(21)10-6-15/h5-11,14H,2-4,12-13H2,1H3,(H,22,23). The lowest BCUT2D eigenvalue weighted by atomic mass is 10.0. The molecule has 126 valence electrons. The summed E-state index contributed by atoms with van der Waals surface area (Å²) in [6.45, 7) is 2.03. The minimum absolute atomic E-state index is 0.0230. The summed E-state index contributed by atoms with van der Waals surface area (Å²) in [5.74, 6) is 0.924. The zero-order valence-corrected chi connectivity index (χ0v) is 14.7. The van der Waals surface area contributed by atoms with E-state index in [0.29, 0.717) is 11.5 Å². The number of benzene rings is 2. The number of hydrogen-bond acceptors (Lipinski definition) is 2. The number of nitrogens with one attached hydrogen (secondary N) is 1. The lowest BCUT2D eigenvalue weighted by molar-refractivity contribution is -0.119. The van der Waals surface area contributed by atoms with Gasteiger partial charge in [-0.05, 0) is 60.6 Å². The second-order valence-corrected chi connectivity index (χ2v) is 7.28. The molecule has 2 aromatic carbocycles. The summed E-state index contributed by atoms with van der Waals surface area (Å²) >= 11 is 1.54. The van der Waals surface area contributed by atoms with Crippen molar-refractivity contribution in [3.8, 4) is 0 Å². The number of hydrogen-bond donors (Lipinski definition) is 1. The monoisotopic (exact) mass is 343 g/mol. The third-order valence-corrected chi connectivity index (χ3v) is 5.42. The quantitative estimate of drug-likeness (QED) is 0.841. The van der Waals surface area contributed by atoms with E-state index in [4.69, 9.17) is 0 Å². The molecule has 1 aliphatic rings. The highest BCUT2D eigenvalue weighted by molar-refractivity contribution is 7.99. The number of thioether (sulfide) groups is 1. The molecule has 1 atom stereocenters. The average molecular weight is 343 g/mol. The number of rotatable bonds is 6. The number of fused-ring (bicyclic) bond motifs is 1. The molecule has 0 fully saturated rings. The highest BCUT2D eigenvalue weighted by Crippen LogP contribution is 2.25. The largest absolute Gasteiger partial charge is 0.349 e. The summed E-state index contributed by atoms with van der Waals surface area (Å²) in [5, 5.41) is 3.06. The molecule has 3 rings (SSSR count). The molecule has 0 aromatic heterocycles. The molecule has 2 nitrogen and oxygen atoms in total. The maximum atomic E-state index is 12.9. The van der Waals surface area contributed by atoms with E-state index < -0.39 is 0 Å². The van der Waals surface area contributed by atoms with Crippen molar-refractivity contribution in [2.24, 2.45) is 0 Å². The van der Waals surface area contributed by atoms with Crippen molar-refractivity contribution in [2.45, 2.75) is 38.0 Å². The van der Waals surface area contributed by atoms with Crippen LogP contribution in [0.3, 0.4) is 0 Å². The Morgan fingerprint density at radius 2 is 1.92 bits per heavy atom. The van der Waals surface area contributed by atoms with Gasteiger partial charge in [0.05, 0.1) is 11.8 Å². The van der Waals surface area contributed by atoms with Gasteiger partial charge < -0.3 is 5.32 Å². The van der Waals surface area contributed by atoms with Gasteiger partial charge in [-0.3, -0.25) is 4.79 Å². The van der Waals surface area contributed by atoms with Crippen LogP contribution in [-0.4, -0.2) is 11.7 Å². The summed E-state index contributed by atoms with van der Waals surface area (Å²) in [6.07, 6.45) is 3.56. The molecule has 0 saturated heterocycles. The second kappa shape index (κ2) is 7.84. The summed E-state index contributed by atoms with van der Waals surface area (Å²) in [6, 6.07) is 13.0. The molecule has 1 unspecified atom stereocenters. The number of carbonyl (C=O) groups excluding carboxylic acids is 1. The molecule has 0 radical (unpaired) electrons. The SMILES string of the molecule is CC(NC(=O)CSCc1ccc(F)cc1)c1ccc2c(c1)CCC2. The average Bonchev–Trinajstić information content (AvgIpc) is 3.04. The van der Waals surface area contributed by atoms with Crippen LogP contribution >= 0.6 is 11.8 Å². The number of carbonyl (C=O) groups is 1. The molecule has 1 N–H and O–H groups in total. The minimum atomic E-state index is -0.232. The van der Waals surface area contributed by atoms with Gasteiger partial charge in [0, 0.05) is 5.75 Å². The van der Waals surface area contributed by atoms with Gasteiger partial charge in [-0.15, -0.1) is 11.8 Å². The summed E-state index contributed by atoms with van der Waals surface area (Å²) in [4.78, 5) is 12.1. The highest BCUT2D eigenvalue weighted by Gasteiger charge is 2.14. The van der Waals surface area contributed by atoms with Gasteiger partial charge in [-0.1, -0.05) is 30.3 Å². The molecular formula is C20H22FNOS. The zero-order valence-electron chi connectivity index (χ0n) is 13.8. The number of aryl methyl sites for hydroxylation is 2. The van der Waals surface area contributed by atoms with Crippen LogP contribution in [0.1, 0.15) is 41.6 Å². The molecule has 4 heteroatoms. The number of halogens is 1. The van der Waals surface area contributed by atoms with Gasteiger partial charge in [-0.2, -0.15) is 0 Å². The summed E-state index contributed by atoms with van der Waals surface area (Å²) < 4.78 is 12.9. The highest BCUT2D eigenvalue weighted by atomic mass is 32.2. The molecule has 1 aliphatic carbocycles. The third-order valence-electron chi connectivity index (χ3n) is 4.42. The smallest absolute Gasteiger partial charge is 0.230 e. The Labute approximate surface area is 146 Å². The fourth-order valence-electron chi connectivity index (χ4n) is 3.07. The Morgan fingerprint density at radius 3 is 2.71 bits per heavy atom. The molecular weight excluding hydrogens is 321 g/mol. The van der Waals surface area contributed by atoms with Gasteiger partial charge in [0.1, 0.15) is 5.82 Å². The van der Waals surface area contributed by atoms with Crippen LogP contribution in [0.2, 0.25) is 0 Å². The van der Waals surface area contributed by atoms with Crippen LogP contribution < -0.4 is 5.32 Å². The van der Waals surface area contributed by atoms with E-state index in [1.165, 1.54) is 41.7 Å². The van der Waals surface area contributed by atoms with Crippen molar-refractivity contribution in [3.63, 3.8) is 0 Å². The number of amides is 1. The van der Waals surface area contributed by atoms with Gasteiger partial charge in [0.15, 0.2) is 0 Å². The Kier molecular flexibility index (Phi) is 5.56. The minimum Gasteiger partial charge on any atom is -0.349 e. The van der Waals surface area contributed by atoms with Crippen molar-refractivity contribution in [2.75, 3.05) is 5.75 Å². The normalized spacial score (nSPS) is 14.2. The molecule has 2 aromatic rings. The van der Waals surface area contributed by atoms with E-state index in [1.54, 1.807) is 23.9 Å². The van der Waals surface area contributed by atoms with Crippen molar-refractivity contribution < 1.29 is 9.18 Å². The molecule has 24 heavy (non-hydrogen) atoms. The van der Waals surface area contributed by atoms with Gasteiger partial charge in [-0.25, -0.2) is 4.39 Å². The summed E-state index contributed by atoms with van der Waals surface area (Å²) in [5.41, 5.74) is 5.08. The molecule has 0 spiro atoms. The van der Waals surface area contributed by atoms with Crippen LogP contribution in [0.15, 0.2) is 42.5 Å². The van der Waals surface area contributed by atoms with E-state index in [1.807, 2.05) is 6.92 Å². The van der Waals surface area contributed by atoms with Crippen LogP contribution in [0.4, 0.5) is 4.39 Å². The molecule has 0 bridgehead atoms. The van der Waals surface area contributed by atoms with Crippen molar-refractivity contribution in [1.82, 2.24) is 5.32 Å². The van der Waals surface area contributed by atoms with Gasteiger partial charge in [0.25, 0.3) is 0 Å². The van der Waals surface area contributed by atoms with Crippen LogP contribution in [-0.2, 0) is 23.4 Å². The van der Waals surface area contributed by atoms with Crippen LogP contribution in [0.5, 0.6) is 0 Å². The molecule has 0 aliphatic heterocycles. The van der Waals surface area contributed by atoms with Crippen molar-refractivity contribution in [3.05, 3.63) is 70.5 Å².